The van der Waals surface area contributed by atoms with E-state index >= 15 is 0 Å². The third kappa shape index (κ3) is 2.84. The van der Waals surface area contributed by atoms with E-state index in [1.54, 1.807) is 0 Å². The van der Waals surface area contributed by atoms with Crippen LogP contribution in [-0.2, 0) is 10.4 Å². The summed E-state index contributed by atoms with van der Waals surface area (Å²) >= 11 is 0. The van der Waals surface area contributed by atoms with Gasteiger partial charge in [-0.3, -0.25) is 0 Å². The Bertz CT molecular complexity index is 417. The van der Waals surface area contributed by atoms with Crippen LogP contribution in [0.2, 0.25) is 0 Å². The molecule has 1 aliphatic rings. The van der Waals surface area contributed by atoms with Crippen molar-refractivity contribution in [3.63, 3.8) is 0 Å². The van der Waals surface area contributed by atoms with E-state index in [4.69, 9.17) is 4.74 Å². The van der Waals surface area contributed by atoms with Crippen molar-refractivity contribution in [1.82, 2.24) is 5.32 Å². The fraction of sp³-hybridized carbons (Fsp3) is 0.538. The molecule has 5 heteroatoms. The van der Waals surface area contributed by atoms with Crippen LogP contribution >= 0.6 is 0 Å². The monoisotopic (exact) mass is 259 g/mol. The van der Waals surface area contributed by atoms with Gasteiger partial charge in [0.15, 0.2) is 11.6 Å². The van der Waals surface area contributed by atoms with Crippen molar-refractivity contribution in [2.45, 2.75) is 25.1 Å². The highest BCUT2D eigenvalue weighted by Crippen LogP contribution is 2.33. The summed E-state index contributed by atoms with van der Waals surface area (Å²) in [6, 6.07) is 3.39. The Balaban J connectivity index is 2.16. The van der Waals surface area contributed by atoms with E-state index in [0.717, 1.165) is 6.07 Å². The second kappa shape index (κ2) is 5.28. The topological polar surface area (TPSA) is 21.3 Å². The number of rotatable bonds is 3. The molecule has 1 heterocycles. The van der Waals surface area contributed by atoms with Gasteiger partial charge in [0.05, 0.1) is 13.2 Å². The Hall–Kier alpha value is -1.07. The molecule has 0 aliphatic carbocycles. The van der Waals surface area contributed by atoms with Gasteiger partial charge in [0.25, 0.3) is 0 Å². The first kappa shape index (κ1) is 13.4. The summed E-state index contributed by atoms with van der Waals surface area (Å²) in [7, 11) is 0. The van der Waals surface area contributed by atoms with Crippen LogP contribution in [0, 0.1) is 11.6 Å². The minimum Gasteiger partial charge on any atom is -0.379 e. The Kier molecular flexibility index (Phi) is 3.92. The number of alkyl halides is 1. The quantitative estimate of drug-likeness (QED) is 0.900. The van der Waals surface area contributed by atoms with Gasteiger partial charge >= 0.3 is 0 Å². The van der Waals surface area contributed by atoms with Gasteiger partial charge in [-0.1, -0.05) is 12.1 Å². The maximum Gasteiger partial charge on any atom is 0.165 e. The molecule has 0 bridgehead atoms. The van der Waals surface area contributed by atoms with Crippen LogP contribution in [0.4, 0.5) is 13.2 Å². The predicted molar refractivity (Wildman–Crippen MR) is 62.0 cm³/mol. The largest absolute Gasteiger partial charge is 0.379 e. The van der Waals surface area contributed by atoms with Crippen molar-refractivity contribution < 1.29 is 17.9 Å². The first-order chi connectivity index (χ1) is 8.50. The number of halogens is 3. The standard InChI is InChI=1S/C13H16F3NO/c1-13(16,7-9-8-18-6-5-17-9)10-3-2-4-11(14)12(10)15/h2-4,9,17H,5-8H2,1H3. The zero-order valence-corrected chi connectivity index (χ0v) is 10.2. The van der Waals surface area contributed by atoms with Gasteiger partial charge in [-0.15, -0.1) is 0 Å². The molecular weight excluding hydrogens is 243 g/mol. The van der Waals surface area contributed by atoms with Crippen molar-refractivity contribution in [2.24, 2.45) is 0 Å². The molecule has 0 amide bonds. The number of ether oxygens (including phenoxy) is 1. The molecule has 0 saturated carbocycles. The summed E-state index contributed by atoms with van der Waals surface area (Å²) in [6.07, 6.45) is 0.0490. The lowest BCUT2D eigenvalue weighted by Crippen LogP contribution is -2.44. The molecule has 2 atom stereocenters. The number of hydrogen-bond donors (Lipinski definition) is 1. The average Bonchev–Trinajstić information content (AvgIpc) is 2.33. The van der Waals surface area contributed by atoms with E-state index in [-0.39, 0.29) is 18.0 Å². The zero-order valence-electron chi connectivity index (χ0n) is 10.2. The highest BCUT2D eigenvalue weighted by molar-refractivity contribution is 5.25. The second-order valence-electron chi connectivity index (χ2n) is 4.73. The van der Waals surface area contributed by atoms with Gasteiger partial charge in [0, 0.05) is 24.6 Å². The number of morpholine rings is 1. The van der Waals surface area contributed by atoms with E-state index in [9.17, 15) is 13.2 Å². The molecule has 1 saturated heterocycles. The molecule has 1 aromatic rings. The third-order valence-electron chi connectivity index (χ3n) is 3.14. The third-order valence-corrected chi connectivity index (χ3v) is 3.14. The summed E-state index contributed by atoms with van der Waals surface area (Å²) in [5.74, 6) is -2.14. The summed E-state index contributed by atoms with van der Waals surface area (Å²) in [5.41, 5.74) is -2.17. The van der Waals surface area contributed by atoms with E-state index in [0.29, 0.717) is 19.8 Å². The van der Waals surface area contributed by atoms with Gasteiger partial charge in [0.2, 0.25) is 0 Å². The lowest BCUT2D eigenvalue weighted by Gasteiger charge is -2.30. The SMILES string of the molecule is CC(F)(CC1COCCN1)c1cccc(F)c1F. The van der Waals surface area contributed by atoms with Crippen LogP contribution in [-0.4, -0.2) is 25.8 Å². The number of hydrogen-bond acceptors (Lipinski definition) is 2. The zero-order chi connectivity index (χ0) is 13.2. The molecule has 2 rings (SSSR count). The smallest absolute Gasteiger partial charge is 0.165 e. The van der Waals surface area contributed by atoms with Crippen LogP contribution in [0.15, 0.2) is 18.2 Å². The van der Waals surface area contributed by atoms with Crippen molar-refractivity contribution >= 4 is 0 Å². The van der Waals surface area contributed by atoms with Crippen molar-refractivity contribution in [3.8, 4) is 0 Å². The Morgan fingerprint density at radius 2 is 2.22 bits per heavy atom. The summed E-state index contributed by atoms with van der Waals surface area (Å²) < 4.78 is 46.5. The number of nitrogens with one attached hydrogen (secondary N) is 1. The van der Waals surface area contributed by atoms with Gasteiger partial charge in [-0.25, -0.2) is 13.2 Å². The highest BCUT2D eigenvalue weighted by atomic mass is 19.2. The molecule has 2 unspecified atom stereocenters. The van der Waals surface area contributed by atoms with Crippen molar-refractivity contribution in [1.29, 1.82) is 0 Å². The lowest BCUT2D eigenvalue weighted by atomic mass is 9.90. The van der Waals surface area contributed by atoms with E-state index in [1.807, 2.05) is 0 Å². The Morgan fingerprint density at radius 3 is 2.89 bits per heavy atom. The van der Waals surface area contributed by atoms with Crippen LogP contribution in [0.3, 0.4) is 0 Å². The van der Waals surface area contributed by atoms with Gasteiger partial charge in [-0.05, 0) is 13.0 Å². The molecule has 100 valence electrons. The molecule has 2 nitrogen and oxygen atoms in total. The van der Waals surface area contributed by atoms with E-state index in [1.165, 1.54) is 19.1 Å². The molecule has 1 fully saturated rings. The Labute approximate surface area is 104 Å². The first-order valence-corrected chi connectivity index (χ1v) is 5.95. The summed E-state index contributed by atoms with van der Waals surface area (Å²) in [5, 5.41) is 3.10. The lowest BCUT2D eigenvalue weighted by molar-refractivity contribution is 0.0463. The van der Waals surface area contributed by atoms with Crippen LogP contribution < -0.4 is 5.32 Å². The Morgan fingerprint density at radius 1 is 1.44 bits per heavy atom. The molecule has 18 heavy (non-hydrogen) atoms. The van der Waals surface area contributed by atoms with Crippen LogP contribution in [0.25, 0.3) is 0 Å². The van der Waals surface area contributed by atoms with E-state index in [2.05, 4.69) is 5.32 Å². The van der Waals surface area contributed by atoms with Crippen molar-refractivity contribution in [2.75, 3.05) is 19.8 Å². The second-order valence-corrected chi connectivity index (χ2v) is 4.73. The summed E-state index contributed by atoms with van der Waals surface area (Å²) in [6.45, 7) is 2.89. The maximum absolute atomic E-state index is 14.5. The molecule has 1 aromatic carbocycles. The fourth-order valence-electron chi connectivity index (χ4n) is 2.23. The minimum absolute atomic E-state index is 0.0490. The maximum atomic E-state index is 14.5. The van der Waals surface area contributed by atoms with Crippen molar-refractivity contribution in [3.05, 3.63) is 35.4 Å². The first-order valence-electron chi connectivity index (χ1n) is 5.95. The van der Waals surface area contributed by atoms with Gasteiger partial charge < -0.3 is 10.1 Å². The average molecular weight is 259 g/mol. The van der Waals surface area contributed by atoms with Crippen LogP contribution in [0.1, 0.15) is 18.9 Å². The fourth-order valence-corrected chi connectivity index (χ4v) is 2.23. The molecule has 1 N–H and O–H groups in total. The minimum atomic E-state index is -1.93. The van der Waals surface area contributed by atoms with E-state index < -0.39 is 17.3 Å². The molecule has 0 aromatic heterocycles. The van der Waals surface area contributed by atoms with Crippen LogP contribution in [0.5, 0.6) is 0 Å². The highest BCUT2D eigenvalue weighted by Gasteiger charge is 2.34. The molecule has 1 aliphatic heterocycles. The molecule has 0 radical (unpaired) electrons. The summed E-state index contributed by atoms with van der Waals surface area (Å²) in [4.78, 5) is 0. The van der Waals surface area contributed by atoms with Gasteiger partial charge in [-0.2, -0.15) is 0 Å². The molecule has 0 spiro atoms. The number of benzene rings is 1. The predicted octanol–water partition coefficient (Wildman–Crippen LogP) is 2.53. The normalized spacial score (nSPS) is 23.7. The van der Waals surface area contributed by atoms with Gasteiger partial charge in [0.1, 0.15) is 5.67 Å². The molecular formula is C13H16F3NO.